The van der Waals surface area contributed by atoms with E-state index in [4.69, 9.17) is 9.47 Å². The van der Waals surface area contributed by atoms with E-state index in [0.29, 0.717) is 6.42 Å². The Labute approximate surface area is 169 Å². The van der Waals surface area contributed by atoms with Crippen molar-refractivity contribution in [2.24, 2.45) is 0 Å². The average molecular weight is 386 g/mol. The van der Waals surface area contributed by atoms with Crippen LogP contribution in [0, 0.1) is 0 Å². The topological polar surface area (TPSA) is 55.8 Å². The molecule has 1 N–H and O–H groups in total. The van der Waals surface area contributed by atoms with Crippen molar-refractivity contribution >= 4 is 5.78 Å². The van der Waals surface area contributed by atoms with Crippen molar-refractivity contribution in [1.29, 1.82) is 0 Å². The summed E-state index contributed by atoms with van der Waals surface area (Å²) >= 11 is 0. The van der Waals surface area contributed by atoms with Crippen molar-refractivity contribution in [1.82, 2.24) is 0 Å². The molecule has 3 aromatic rings. The summed E-state index contributed by atoms with van der Waals surface area (Å²) in [5.41, 5.74) is 4.70. The Bertz CT molecular complexity index is 1060. The van der Waals surface area contributed by atoms with E-state index in [9.17, 15) is 9.90 Å². The fourth-order valence-corrected chi connectivity index (χ4v) is 4.07. The van der Waals surface area contributed by atoms with E-state index in [-0.39, 0.29) is 24.6 Å². The summed E-state index contributed by atoms with van der Waals surface area (Å²) in [6.45, 7) is 0.280. The second kappa shape index (κ2) is 7.05. The first-order chi connectivity index (χ1) is 14.2. The van der Waals surface area contributed by atoms with Gasteiger partial charge < -0.3 is 14.6 Å². The van der Waals surface area contributed by atoms with Gasteiger partial charge in [-0.05, 0) is 52.8 Å². The standard InChI is InChI=1S/C25H22O4/c26-15-17-4-6-19(7-5-17)20-3-1-2-18(12-20)13-24(27)25(10-11-25)21-8-9-22-23(14-21)29-16-28-22/h1-9,12,14,26H,10-11,13,15-16H2. The summed E-state index contributed by atoms with van der Waals surface area (Å²) in [6, 6.07) is 21.9. The van der Waals surface area contributed by atoms with Gasteiger partial charge >= 0.3 is 0 Å². The van der Waals surface area contributed by atoms with Crippen molar-refractivity contribution in [2.45, 2.75) is 31.3 Å². The SMILES string of the molecule is O=C(Cc1cccc(-c2ccc(CO)cc2)c1)C1(c2ccc3c(c2)OCO3)CC1. The molecular formula is C25H22O4. The molecule has 29 heavy (non-hydrogen) atoms. The molecule has 1 aliphatic carbocycles. The Hall–Kier alpha value is -3.11. The molecule has 0 saturated heterocycles. The van der Waals surface area contributed by atoms with Crippen LogP contribution in [0.5, 0.6) is 11.5 Å². The third kappa shape index (κ3) is 3.30. The summed E-state index contributed by atoms with van der Waals surface area (Å²) in [7, 11) is 0. The Balaban J connectivity index is 1.37. The quantitative estimate of drug-likeness (QED) is 0.681. The number of Topliss-reactive ketones (excluding diaryl/α,β-unsaturated/α-hetero) is 1. The Morgan fingerprint density at radius 3 is 2.41 bits per heavy atom. The normalized spacial score (nSPS) is 15.9. The second-order valence-electron chi connectivity index (χ2n) is 7.81. The van der Waals surface area contributed by atoms with Gasteiger partial charge in [0.15, 0.2) is 11.5 Å². The van der Waals surface area contributed by atoms with Gasteiger partial charge in [-0.3, -0.25) is 4.79 Å². The highest BCUT2D eigenvalue weighted by atomic mass is 16.7. The van der Waals surface area contributed by atoms with Crippen LogP contribution in [0.3, 0.4) is 0 Å². The molecule has 5 rings (SSSR count). The zero-order valence-electron chi connectivity index (χ0n) is 16.1. The summed E-state index contributed by atoms with van der Waals surface area (Å²) in [5, 5.41) is 9.22. The lowest BCUT2D eigenvalue weighted by molar-refractivity contribution is -0.120. The molecule has 0 aromatic heterocycles. The van der Waals surface area contributed by atoms with E-state index in [1.54, 1.807) is 0 Å². The summed E-state index contributed by atoms with van der Waals surface area (Å²) < 4.78 is 10.9. The predicted octanol–water partition coefficient (Wildman–Crippen LogP) is 4.42. The molecule has 0 spiro atoms. The smallest absolute Gasteiger partial charge is 0.231 e. The van der Waals surface area contributed by atoms with Crippen molar-refractivity contribution < 1.29 is 19.4 Å². The number of ether oxygens (including phenoxy) is 2. The Kier molecular flexibility index (Phi) is 4.36. The number of aliphatic hydroxyl groups excluding tert-OH is 1. The van der Waals surface area contributed by atoms with Crippen molar-refractivity contribution in [3.8, 4) is 22.6 Å². The molecule has 0 radical (unpaired) electrons. The van der Waals surface area contributed by atoms with Crippen molar-refractivity contribution in [2.75, 3.05) is 6.79 Å². The lowest BCUT2D eigenvalue weighted by Crippen LogP contribution is -2.22. The molecule has 0 amide bonds. The fraction of sp³-hybridized carbons (Fsp3) is 0.240. The third-order valence-corrected chi connectivity index (χ3v) is 5.97. The van der Waals surface area contributed by atoms with Gasteiger partial charge in [-0.2, -0.15) is 0 Å². The van der Waals surface area contributed by atoms with E-state index in [2.05, 4.69) is 6.07 Å². The second-order valence-corrected chi connectivity index (χ2v) is 7.81. The number of ketones is 1. The average Bonchev–Trinajstić information content (AvgIpc) is 3.45. The number of hydrogen-bond donors (Lipinski definition) is 1. The monoisotopic (exact) mass is 386 g/mol. The molecule has 1 saturated carbocycles. The van der Waals surface area contributed by atoms with Gasteiger partial charge in [-0.15, -0.1) is 0 Å². The van der Waals surface area contributed by atoms with Crippen LogP contribution < -0.4 is 9.47 Å². The van der Waals surface area contributed by atoms with Crippen molar-refractivity contribution in [3.05, 3.63) is 83.4 Å². The van der Waals surface area contributed by atoms with Crippen LogP contribution in [-0.4, -0.2) is 17.7 Å². The zero-order valence-corrected chi connectivity index (χ0v) is 16.1. The maximum atomic E-state index is 13.2. The lowest BCUT2D eigenvalue weighted by atomic mass is 9.87. The van der Waals surface area contributed by atoms with Gasteiger partial charge in [0.05, 0.1) is 12.0 Å². The van der Waals surface area contributed by atoms with Crippen LogP contribution in [0.2, 0.25) is 0 Å². The molecular weight excluding hydrogens is 364 g/mol. The highest BCUT2D eigenvalue weighted by Gasteiger charge is 2.50. The van der Waals surface area contributed by atoms with E-state index < -0.39 is 0 Å². The molecule has 1 aliphatic heterocycles. The minimum Gasteiger partial charge on any atom is -0.454 e. The van der Waals surface area contributed by atoms with Crippen LogP contribution in [-0.2, 0) is 23.2 Å². The van der Waals surface area contributed by atoms with Gasteiger partial charge in [0.2, 0.25) is 6.79 Å². The van der Waals surface area contributed by atoms with Crippen LogP contribution >= 0.6 is 0 Å². The minimum atomic E-state index is -0.389. The number of rotatable bonds is 6. The molecule has 1 fully saturated rings. The summed E-state index contributed by atoms with van der Waals surface area (Å²) in [5.74, 6) is 1.73. The maximum Gasteiger partial charge on any atom is 0.231 e. The number of benzene rings is 3. The minimum absolute atomic E-state index is 0.0385. The molecule has 2 aliphatic rings. The highest BCUT2D eigenvalue weighted by molar-refractivity contribution is 5.95. The molecule has 0 unspecified atom stereocenters. The first-order valence-electron chi connectivity index (χ1n) is 9.90. The first-order valence-corrected chi connectivity index (χ1v) is 9.90. The van der Waals surface area contributed by atoms with E-state index in [1.165, 1.54) is 0 Å². The number of fused-ring (bicyclic) bond motifs is 1. The molecule has 1 heterocycles. The predicted molar refractivity (Wildman–Crippen MR) is 110 cm³/mol. The Morgan fingerprint density at radius 1 is 0.862 bits per heavy atom. The van der Waals surface area contributed by atoms with Gasteiger partial charge in [0.25, 0.3) is 0 Å². The number of carbonyl (C=O) groups is 1. The van der Waals surface area contributed by atoms with E-state index >= 15 is 0 Å². The van der Waals surface area contributed by atoms with Crippen LogP contribution in [0.4, 0.5) is 0 Å². The van der Waals surface area contributed by atoms with Gasteiger partial charge in [-0.1, -0.05) is 54.6 Å². The molecule has 4 heteroatoms. The lowest BCUT2D eigenvalue weighted by Gasteiger charge is -2.15. The third-order valence-electron chi connectivity index (χ3n) is 5.97. The van der Waals surface area contributed by atoms with Crippen LogP contribution in [0.1, 0.15) is 29.5 Å². The summed E-state index contributed by atoms with van der Waals surface area (Å²) in [6.07, 6.45) is 2.18. The number of carbonyl (C=O) groups excluding carboxylic acids is 1. The molecule has 0 bridgehead atoms. The van der Waals surface area contributed by atoms with Gasteiger partial charge in [0, 0.05) is 6.42 Å². The zero-order chi connectivity index (χ0) is 19.8. The molecule has 146 valence electrons. The Morgan fingerprint density at radius 2 is 1.66 bits per heavy atom. The highest BCUT2D eigenvalue weighted by Crippen LogP contribution is 2.51. The molecule has 3 aromatic carbocycles. The van der Waals surface area contributed by atoms with Crippen LogP contribution in [0.25, 0.3) is 11.1 Å². The fourth-order valence-electron chi connectivity index (χ4n) is 4.07. The van der Waals surface area contributed by atoms with Crippen molar-refractivity contribution in [3.63, 3.8) is 0 Å². The van der Waals surface area contributed by atoms with E-state index in [0.717, 1.165) is 52.2 Å². The van der Waals surface area contributed by atoms with Crippen LogP contribution in [0.15, 0.2) is 66.7 Å². The number of hydrogen-bond acceptors (Lipinski definition) is 4. The maximum absolute atomic E-state index is 13.2. The largest absolute Gasteiger partial charge is 0.454 e. The van der Waals surface area contributed by atoms with Gasteiger partial charge in [-0.25, -0.2) is 0 Å². The van der Waals surface area contributed by atoms with E-state index in [1.807, 2.05) is 60.7 Å². The molecule has 4 nitrogen and oxygen atoms in total. The summed E-state index contributed by atoms with van der Waals surface area (Å²) in [4.78, 5) is 13.2. The first kappa shape index (κ1) is 18.0. The number of aliphatic hydroxyl groups is 1. The molecule has 0 atom stereocenters. The van der Waals surface area contributed by atoms with Gasteiger partial charge in [0.1, 0.15) is 5.78 Å².